The average Bonchev–Trinajstić information content (AvgIpc) is 2.31. The van der Waals surface area contributed by atoms with Gasteiger partial charge in [-0.15, -0.1) is 0 Å². The highest BCUT2D eigenvalue weighted by molar-refractivity contribution is 9.10. The quantitative estimate of drug-likeness (QED) is 0.927. The maximum atomic E-state index is 13.4. The molecule has 3 nitrogen and oxygen atoms in total. The lowest BCUT2D eigenvalue weighted by Crippen LogP contribution is -2.07. The van der Waals surface area contributed by atoms with Gasteiger partial charge in [-0.2, -0.15) is 0 Å². The molecule has 0 aliphatic rings. The number of hydrogen-bond acceptors (Lipinski definition) is 3. The predicted octanol–water partition coefficient (Wildman–Crippen LogP) is 3.12. The first-order chi connectivity index (χ1) is 8.51. The Morgan fingerprint density at radius 3 is 2.56 bits per heavy atom. The van der Waals surface area contributed by atoms with Gasteiger partial charge in [-0.25, -0.2) is 14.4 Å². The normalized spacial score (nSPS) is 10.7. The molecule has 0 bridgehead atoms. The van der Waals surface area contributed by atoms with Crippen molar-refractivity contribution < 1.29 is 4.39 Å². The SMILES string of the molecule is Cc1nc(-c2cc(F)cc(Br)c2)nc(CN)c1C. The summed E-state index contributed by atoms with van der Waals surface area (Å²) >= 11 is 3.26. The van der Waals surface area contributed by atoms with Crippen LogP contribution in [0.5, 0.6) is 0 Å². The number of halogens is 2. The molecule has 0 saturated carbocycles. The number of rotatable bonds is 2. The van der Waals surface area contributed by atoms with E-state index in [1.165, 1.54) is 12.1 Å². The van der Waals surface area contributed by atoms with Gasteiger partial charge in [-0.05, 0) is 37.6 Å². The standard InChI is InChI=1S/C13H13BrFN3/c1-7-8(2)17-13(18-12(7)6-16)9-3-10(14)5-11(15)4-9/h3-5H,6,16H2,1-2H3. The van der Waals surface area contributed by atoms with E-state index < -0.39 is 0 Å². The van der Waals surface area contributed by atoms with Crippen molar-refractivity contribution in [3.8, 4) is 11.4 Å². The number of aryl methyl sites for hydroxylation is 1. The second-order valence-corrected chi connectivity index (χ2v) is 4.98. The molecular weight excluding hydrogens is 297 g/mol. The van der Waals surface area contributed by atoms with Gasteiger partial charge in [0.1, 0.15) is 5.82 Å². The lowest BCUT2D eigenvalue weighted by molar-refractivity contribution is 0.627. The third-order valence-electron chi connectivity index (χ3n) is 2.80. The van der Waals surface area contributed by atoms with E-state index in [4.69, 9.17) is 5.73 Å². The molecule has 1 heterocycles. The van der Waals surface area contributed by atoms with Crippen LogP contribution in [0, 0.1) is 19.7 Å². The molecule has 0 aliphatic heterocycles. The molecule has 1 aromatic carbocycles. The Balaban J connectivity index is 2.60. The summed E-state index contributed by atoms with van der Waals surface area (Å²) in [4.78, 5) is 8.76. The minimum atomic E-state index is -0.324. The highest BCUT2D eigenvalue weighted by Gasteiger charge is 2.10. The smallest absolute Gasteiger partial charge is 0.159 e. The van der Waals surface area contributed by atoms with Crippen molar-refractivity contribution >= 4 is 15.9 Å². The first-order valence-electron chi connectivity index (χ1n) is 5.52. The summed E-state index contributed by atoms with van der Waals surface area (Å²) in [5, 5.41) is 0. The fraction of sp³-hybridized carbons (Fsp3) is 0.231. The molecule has 2 aromatic rings. The molecule has 1 aromatic heterocycles. The molecule has 0 atom stereocenters. The van der Waals surface area contributed by atoms with Gasteiger partial charge < -0.3 is 5.73 Å². The van der Waals surface area contributed by atoms with Crippen LogP contribution in [-0.4, -0.2) is 9.97 Å². The molecule has 0 fully saturated rings. The number of aromatic nitrogens is 2. The second-order valence-electron chi connectivity index (χ2n) is 4.07. The maximum absolute atomic E-state index is 13.4. The van der Waals surface area contributed by atoms with Gasteiger partial charge in [-0.3, -0.25) is 0 Å². The fourth-order valence-electron chi connectivity index (χ4n) is 1.70. The summed E-state index contributed by atoms with van der Waals surface area (Å²) in [6.45, 7) is 4.18. The zero-order valence-corrected chi connectivity index (χ0v) is 11.8. The predicted molar refractivity (Wildman–Crippen MR) is 72.5 cm³/mol. The van der Waals surface area contributed by atoms with E-state index in [2.05, 4.69) is 25.9 Å². The number of nitrogens with zero attached hydrogens (tertiary/aromatic N) is 2. The molecule has 94 valence electrons. The van der Waals surface area contributed by atoms with Crippen molar-refractivity contribution in [2.75, 3.05) is 0 Å². The summed E-state index contributed by atoms with van der Waals surface area (Å²) < 4.78 is 14.0. The van der Waals surface area contributed by atoms with E-state index >= 15 is 0 Å². The molecule has 18 heavy (non-hydrogen) atoms. The number of hydrogen-bond donors (Lipinski definition) is 1. The van der Waals surface area contributed by atoms with E-state index in [9.17, 15) is 4.39 Å². The van der Waals surface area contributed by atoms with Crippen LogP contribution in [0.15, 0.2) is 22.7 Å². The lowest BCUT2D eigenvalue weighted by Gasteiger charge is -2.09. The molecule has 0 amide bonds. The second kappa shape index (κ2) is 5.12. The van der Waals surface area contributed by atoms with Gasteiger partial charge in [-0.1, -0.05) is 15.9 Å². The number of benzene rings is 1. The summed E-state index contributed by atoms with van der Waals surface area (Å²) in [5.41, 5.74) is 8.93. The van der Waals surface area contributed by atoms with Crippen LogP contribution in [0.3, 0.4) is 0 Å². The third-order valence-corrected chi connectivity index (χ3v) is 3.26. The van der Waals surface area contributed by atoms with E-state index in [0.29, 0.717) is 22.4 Å². The lowest BCUT2D eigenvalue weighted by atomic mass is 10.1. The van der Waals surface area contributed by atoms with Crippen molar-refractivity contribution in [2.45, 2.75) is 20.4 Å². The highest BCUT2D eigenvalue weighted by Crippen LogP contribution is 2.23. The molecule has 0 unspecified atom stereocenters. The van der Waals surface area contributed by atoms with E-state index in [1.807, 2.05) is 13.8 Å². The average molecular weight is 310 g/mol. The maximum Gasteiger partial charge on any atom is 0.159 e. The Labute approximate surface area is 113 Å². The summed E-state index contributed by atoms with van der Waals surface area (Å²) in [7, 11) is 0. The van der Waals surface area contributed by atoms with Gasteiger partial charge in [0.2, 0.25) is 0 Å². The highest BCUT2D eigenvalue weighted by atomic mass is 79.9. The molecule has 0 saturated heterocycles. The van der Waals surface area contributed by atoms with Gasteiger partial charge in [0, 0.05) is 22.3 Å². The van der Waals surface area contributed by atoms with Crippen LogP contribution < -0.4 is 5.73 Å². The third kappa shape index (κ3) is 2.57. The Morgan fingerprint density at radius 2 is 1.94 bits per heavy atom. The van der Waals surface area contributed by atoms with Crippen LogP contribution in [-0.2, 0) is 6.54 Å². The summed E-state index contributed by atoms with van der Waals surface area (Å²) in [6.07, 6.45) is 0. The fourth-order valence-corrected chi connectivity index (χ4v) is 2.16. The minimum absolute atomic E-state index is 0.324. The van der Waals surface area contributed by atoms with Gasteiger partial charge >= 0.3 is 0 Å². The van der Waals surface area contributed by atoms with Gasteiger partial charge in [0.05, 0.1) is 5.69 Å². The Bertz CT molecular complexity index is 579. The van der Waals surface area contributed by atoms with Crippen LogP contribution in [0.4, 0.5) is 4.39 Å². The molecule has 2 N–H and O–H groups in total. The van der Waals surface area contributed by atoms with Crippen molar-refractivity contribution in [1.29, 1.82) is 0 Å². The van der Waals surface area contributed by atoms with E-state index in [0.717, 1.165) is 17.0 Å². The molecule has 0 spiro atoms. The van der Waals surface area contributed by atoms with Crippen molar-refractivity contribution in [3.05, 3.63) is 45.4 Å². The molecule has 2 rings (SSSR count). The molecule has 5 heteroatoms. The monoisotopic (exact) mass is 309 g/mol. The first-order valence-corrected chi connectivity index (χ1v) is 6.31. The Hall–Kier alpha value is -1.33. The van der Waals surface area contributed by atoms with Crippen LogP contribution in [0.25, 0.3) is 11.4 Å². The van der Waals surface area contributed by atoms with Crippen LogP contribution >= 0.6 is 15.9 Å². The topological polar surface area (TPSA) is 51.8 Å². The van der Waals surface area contributed by atoms with Gasteiger partial charge in [0.15, 0.2) is 5.82 Å². The van der Waals surface area contributed by atoms with E-state index in [1.54, 1.807) is 6.07 Å². The zero-order valence-electron chi connectivity index (χ0n) is 10.2. The number of nitrogens with two attached hydrogens (primary N) is 1. The Kier molecular flexibility index (Phi) is 3.73. The first kappa shape index (κ1) is 13.1. The minimum Gasteiger partial charge on any atom is -0.325 e. The molecule has 0 radical (unpaired) electrons. The Morgan fingerprint density at radius 1 is 1.22 bits per heavy atom. The largest absolute Gasteiger partial charge is 0.325 e. The zero-order chi connectivity index (χ0) is 13.3. The molecule has 0 aliphatic carbocycles. The van der Waals surface area contributed by atoms with Gasteiger partial charge in [0.25, 0.3) is 0 Å². The van der Waals surface area contributed by atoms with Crippen LogP contribution in [0.2, 0.25) is 0 Å². The molecular formula is C13H13BrFN3. The van der Waals surface area contributed by atoms with E-state index in [-0.39, 0.29) is 5.82 Å². The summed E-state index contributed by atoms with van der Waals surface area (Å²) in [5.74, 6) is 0.175. The van der Waals surface area contributed by atoms with Crippen LogP contribution in [0.1, 0.15) is 17.0 Å². The van der Waals surface area contributed by atoms with Crippen molar-refractivity contribution in [1.82, 2.24) is 9.97 Å². The van der Waals surface area contributed by atoms with Crippen molar-refractivity contribution in [2.24, 2.45) is 5.73 Å². The van der Waals surface area contributed by atoms with Crippen molar-refractivity contribution in [3.63, 3.8) is 0 Å². The summed E-state index contributed by atoms with van der Waals surface area (Å²) in [6, 6.07) is 4.59.